The Morgan fingerprint density at radius 1 is 1.57 bits per heavy atom. The first-order valence-electron chi connectivity index (χ1n) is 3.72. The minimum absolute atomic E-state index is 0.230. The van der Waals surface area contributed by atoms with Crippen LogP contribution in [-0.2, 0) is 0 Å². The largest absolute Gasteiger partial charge is 0.414 e. The van der Waals surface area contributed by atoms with Gasteiger partial charge in [-0.3, -0.25) is 4.79 Å². The molecule has 78 valence electrons. The molecule has 0 aromatic carbocycles. The second kappa shape index (κ2) is 4.10. The van der Waals surface area contributed by atoms with Crippen molar-refractivity contribution in [2.24, 2.45) is 0 Å². The average Bonchev–Trinajstić information content (AvgIpc) is 2.53. The third-order valence-corrected chi connectivity index (χ3v) is 2.46. The maximum atomic E-state index is 11.9. The second-order valence-electron chi connectivity index (χ2n) is 2.66. The molecule has 0 spiro atoms. The second-order valence-corrected chi connectivity index (χ2v) is 3.61. The molecule has 1 aromatic heterocycles. The maximum absolute atomic E-state index is 11.9. The number of hydrogen-bond acceptors (Lipinski definition) is 3. The molecule has 0 fully saturated rings. The van der Waals surface area contributed by atoms with Gasteiger partial charge in [-0.1, -0.05) is 6.07 Å². The lowest BCUT2D eigenvalue weighted by Gasteiger charge is -2.12. The van der Waals surface area contributed by atoms with Crippen LogP contribution < -0.4 is 0 Å². The smallest absolute Gasteiger partial charge is 0.383 e. The molecule has 6 heteroatoms. The van der Waals surface area contributed by atoms with Gasteiger partial charge in [0.25, 0.3) is 0 Å². The first kappa shape index (κ1) is 11.2. The Labute approximate surface area is 82.0 Å². The van der Waals surface area contributed by atoms with Crippen molar-refractivity contribution in [2.75, 3.05) is 0 Å². The molecule has 1 heterocycles. The standard InChI is InChI=1S/C8H7F3O2S/c9-8(10,11)7(13)4-5(12)6-2-1-3-14-6/h1-3,7,13H,4H2. The van der Waals surface area contributed by atoms with Crippen LogP contribution >= 0.6 is 11.3 Å². The Morgan fingerprint density at radius 2 is 2.21 bits per heavy atom. The van der Waals surface area contributed by atoms with Crippen molar-refractivity contribution in [3.8, 4) is 0 Å². The molecular weight excluding hydrogens is 217 g/mol. The number of alkyl halides is 3. The molecule has 0 amide bonds. The highest BCUT2D eigenvalue weighted by molar-refractivity contribution is 7.12. The maximum Gasteiger partial charge on any atom is 0.414 e. The molecule has 0 radical (unpaired) electrons. The van der Waals surface area contributed by atoms with E-state index in [1.165, 1.54) is 6.07 Å². The van der Waals surface area contributed by atoms with Gasteiger partial charge in [0.05, 0.1) is 4.88 Å². The molecular formula is C8H7F3O2S. The van der Waals surface area contributed by atoms with Crippen LogP contribution in [0.15, 0.2) is 17.5 Å². The van der Waals surface area contributed by atoms with Crippen molar-refractivity contribution < 1.29 is 23.1 Å². The lowest BCUT2D eigenvalue weighted by atomic mass is 10.1. The number of carbonyl (C=O) groups is 1. The minimum atomic E-state index is -4.73. The summed E-state index contributed by atoms with van der Waals surface area (Å²) in [6, 6.07) is 2.99. The van der Waals surface area contributed by atoms with E-state index in [2.05, 4.69) is 0 Å². The van der Waals surface area contributed by atoms with Gasteiger partial charge < -0.3 is 5.11 Å². The number of halogens is 3. The van der Waals surface area contributed by atoms with Crippen LogP contribution in [0.5, 0.6) is 0 Å². The van der Waals surface area contributed by atoms with Gasteiger partial charge in [0.1, 0.15) is 0 Å². The molecule has 0 saturated carbocycles. The van der Waals surface area contributed by atoms with Crippen LogP contribution in [0.1, 0.15) is 16.1 Å². The van der Waals surface area contributed by atoms with Crippen LogP contribution in [0.4, 0.5) is 13.2 Å². The number of Topliss-reactive ketones (excluding diaryl/α,β-unsaturated/α-hetero) is 1. The molecule has 1 N–H and O–H groups in total. The molecule has 1 unspecified atom stereocenters. The van der Waals surface area contributed by atoms with Crippen molar-refractivity contribution in [2.45, 2.75) is 18.7 Å². The molecule has 0 bridgehead atoms. The third kappa shape index (κ3) is 2.81. The summed E-state index contributed by atoms with van der Waals surface area (Å²) >= 11 is 1.06. The lowest BCUT2D eigenvalue weighted by molar-refractivity contribution is -0.202. The molecule has 0 saturated heterocycles. The predicted molar refractivity (Wildman–Crippen MR) is 45.3 cm³/mol. The van der Waals surface area contributed by atoms with Gasteiger partial charge in [-0.25, -0.2) is 0 Å². The Hall–Kier alpha value is -0.880. The number of ketones is 1. The van der Waals surface area contributed by atoms with Crippen molar-refractivity contribution in [3.63, 3.8) is 0 Å². The Kier molecular flexibility index (Phi) is 3.28. The van der Waals surface area contributed by atoms with E-state index >= 15 is 0 Å². The highest BCUT2D eigenvalue weighted by Crippen LogP contribution is 2.24. The summed E-state index contributed by atoms with van der Waals surface area (Å²) in [6.07, 6.45) is -8.21. The van der Waals surface area contributed by atoms with Crippen LogP contribution in [0.3, 0.4) is 0 Å². The first-order chi connectivity index (χ1) is 6.41. The Bertz CT molecular complexity index is 305. The summed E-state index contributed by atoms with van der Waals surface area (Å²) < 4.78 is 35.6. The molecule has 2 nitrogen and oxygen atoms in total. The van der Waals surface area contributed by atoms with Gasteiger partial charge in [-0.15, -0.1) is 11.3 Å². The van der Waals surface area contributed by atoms with Crippen molar-refractivity contribution >= 4 is 17.1 Å². The van der Waals surface area contributed by atoms with E-state index in [9.17, 15) is 18.0 Å². The first-order valence-corrected chi connectivity index (χ1v) is 4.60. The van der Waals surface area contributed by atoms with Gasteiger partial charge in [-0.2, -0.15) is 13.2 Å². The molecule has 0 aliphatic carbocycles. The summed E-state index contributed by atoms with van der Waals surface area (Å²) in [5.74, 6) is -0.690. The van der Waals surface area contributed by atoms with E-state index in [0.29, 0.717) is 0 Å². The minimum Gasteiger partial charge on any atom is -0.383 e. The number of aliphatic hydroxyl groups excluding tert-OH is 1. The monoisotopic (exact) mass is 224 g/mol. The lowest BCUT2D eigenvalue weighted by Crippen LogP contribution is -2.30. The number of carbonyl (C=O) groups excluding carboxylic acids is 1. The molecule has 14 heavy (non-hydrogen) atoms. The van der Waals surface area contributed by atoms with E-state index in [1.807, 2.05) is 0 Å². The Morgan fingerprint density at radius 3 is 2.64 bits per heavy atom. The topological polar surface area (TPSA) is 37.3 Å². The zero-order chi connectivity index (χ0) is 10.8. The summed E-state index contributed by atoms with van der Waals surface area (Å²) in [6.45, 7) is 0. The number of thiophene rings is 1. The van der Waals surface area contributed by atoms with E-state index in [0.717, 1.165) is 11.3 Å². The van der Waals surface area contributed by atoms with E-state index in [4.69, 9.17) is 5.11 Å². The predicted octanol–water partition coefficient (Wildman–Crippen LogP) is 2.24. The summed E-state index contributed by atoms with van der Waals surface area (Å²) in [5.41, 5.74) is 0. The number of hydrogen-bond donors (Lipinski definition) is 1. The Balaban J connectivity index is 2.58. The zero-order valence-electron chi connectivity index (χ0n) is 6.91. The van der Waals surface area contributed by atoms with Crippen LogP contribution in [-0.4, -0.2) is 23.2 Å². The average molecular weight is 224 g/mol. The van der Waals surface area contributed by atoms with Crippen molar-refractivity contribution in [1.29, 1.82) is 0 Å². The molecule has 1 rings (SSSR count). The van der Waals surface area contributed by atoms with E-state index in [-0.39, 0.29) is 4.88 Å². The van der Waals surface area contributed by atoms with Gasteiger partial charge in [0.2, 0.25) is 0 Å². The fraction of sp³-hybridized carbons (Fsp3) is 0.375. The summed E-state index contributed by atoms with van der Waals surface area (Å²) in [5, 5.41) is 10.2. The van der Waals surface area contributed by atoms with E-state index in [1.54, 1.807) is 11.4 Å². The fourth-order valence-electron chi connectivity index (χ4n) is 0.829. The fourth-order valence-corrected chi connectivity index (χ4v) is 1.50. The summed E-state index contributed by atoms with van der Waals surface area (Å²) in [7, 11) is 0. The van der Waals surface area contributed by atoms with Crippen molar-refractivity contribution in [1.82, 2.24) is 0 Å². The molecule has 0 aliphatic rings. The van der Waals surface area contributed by atoms with Crippen LogP contribution in [0.2, 0.25) is 0 Å². The molecule has 0 aliphatic heterocycles. The van der Waals surface area contributed by atoms with Crippen LogP contribution in [0.25, 0.3) is 0 Å². The van der Waals surface area contributed by atoms with E-state index < -0.39 is 24.5 Å². The molecule has 1 atom stereocenters. The van der Waals surface area contributed by atoms with Crippen molar-refractivity contribution in [3.05, 3.63) is 22.4 Å². The third-order valence-electron chi connectivity index (χ3n) is 1.55. The van der Waals surface area contributed by atoms with Gasteiger partial charge in [-0.05, 0) is 11.4 Å². The zero-order valence-corrected chi connectivity index (χ0v) is 7.73. The van der Waals surface area contributed by atoms with Gasteiger partial charge >= 0.3 is 6.18 Å². The normalized spacial score (nSPS) is 14.0. The quantitative estimate of drug-likeness (QED) is 0.799. The summed E-state index contributed by atoms with van der Waals surface area (Å²) in [4.78, 5) is 11.3. The van der Waals surface area contributed by atoms with Gasteiger partial charge in [0, 0.05) is 6.42 Å². The number of rotatable bonds is 3. The van der Waals surface area contributed by atoms with Crippen LogP contribution in [0, 0.1) is 0 Å². The van der Waals surface area contributed by atoms with Gasteiger partial charge in [0.15, 0.2) is 11.9 Å². The highest BCUT2D eigenvalue weighted by Gasteiger charge is 2.39. The highest BCUT2D eigenvalue weighted by atomic mass is 32.1. The number of aliphatic hydroxyl groups is 1. The SMILES string of the molecule is O=C(CC(O)C(F)(F)F)c1cccs1. The molecule has 1 aromatic rings.